The zero-order valence-corrected chi connectivity index (χ0v) is 12.3. The summed E-state index contributed by atoms with van der Waals surface area (Å²) in [6.45, 7) is 0.441. The first-order valence-electron chi connectivity index (χ1n) is 6.66. The molecule has 1 aromatic carbocycles. The second-order valence-electron chi connectivity index (χ2n) is 5.51. The summed E-state index contributed by atoms with van der Waals surface area (Å²) in [4.78, 5) is 25.6. The number of hydrogen-bond donors (Lipinski definition) is 0. The molecular weight excluding hydrogens is 294 g/mol. The zero-order valence-electron chi connectivity index (χ0n) is 11.5. The first-order valence-corrected chi connectivity index (χ1v) is 8.48. The molecule has 0 unspecified atom stereocenters. The Kier molecular flexibility index (Phi) is 3.33. The standard InChI is InChI=1S/C14H15NO5S/c1-21(18,19)20-8-10-6-9(10)7-15-13(16)11-4-2-3-5-12(11)14(15)17/h2-5,9-10H,6-8H2,1H3/t9-,10-/m0/s1. The topological polar surface area (TPSA) is 80.8 Å². The van der Waals surface area contributed by atoms with Crippen LogP contribution >= 0.6 is 0 Å². The number of rotatable bonds is 5. The molecule has 2 aliphatic rings. The molecule has 1 aliphatic carbocycles. The van der Waals surface area contributed by atoms with Crippen LogP contribution in [0.15, 0.2) is 24.3 Å². The van der Waals surface area contributed by atoms with Crippen molar-refractivity contribution >= 4 is 21.9 Å². The van der Waals surface area contributed by atoms with Gasteiger partial charge in [-0.15, -0.1) is 0 Å². The maximum Gasteiger partial charge on any atom is 0.264 e. The van der Waals surface area contributed by atoms with E-state index in [1.165, 1.54) is 4.90 Å². The van der Waals surface area contributed by atoms with Gasteiger partial charge in [-0.25, -0.2) is 0 Å². The summed E-state index contributed by atoms with van der Waals surface area (Å²) in [5.74, 6) is -0.339. The molecule has 1 heterocycles. The maximum absolute atomic E-state index is 12.2. The largest absolute Gasteiger partial charge is 0.274 e. The van der Waals surface area contributed by atoms with Gasteiger partial charge in [0, 0.05) is 6.54 Å². The Hall–Kier alpha value is -1.73. The first-order chi connectivity index (χ1) is 9.87. The fourth-order valence-electron chi connectivity index (χ4n) is 2.59. The number of fused-ring (bicyclic) bond motifs is 1. The van der Waals surface area contributed by atoms with Crippen LogP contribution in [0.5, 0.6) is 0 Å². The molecule has 1 aromatic rings. The van der Waals surface area contributed by atoms with Gasteiger partial charge < -0.3 is 0 Å². The van der Waals surface area contributed by atoms with E-state index in [0.717, 1.165) is 12.7 Å². The molecule has 6 nitrogen and oxygen atoms in total. The Morgan fingerprint density at radius 1 is 1.14 bits per heavy atom. The SMILES string of the molecule is CS(=O)(=O)OC[C@@H]1C[C@H]1CN1C(=O)c2ccccc2C1=O. The smallest absolute Gasteiger partial charge is 0.264 e. The Labute approximate surface area is 122 Å². The van der Waals surface area contributed by atoms with Gasteiger partial charge in [0.05, 0.1) is 24.0 Å². The molecule has 7 heteroatoms. The molecular formula is C14H15NO5S. The van der Waals surface area contributed by atoms with Crippen molar-refractivity contribution in [2.45, 2.75) is 6.42 Å². The van der Waals surface area contributed by atoms with E-state index >= 15 is 0 Å². The van der Waals surface area contributed by atoms with Crippen LogP contribution < -0.4 is 0 Å². The minimum absolute atomic E-state index is 0.0871. The third kappa shape index (κ3) is 2.84. The van der Waals surface area contributed by atoms with Crippen LogP contribution in [0.3, 0.4) is 0 Å². The van der Waals surface area contributed by atoms with Gasteiger partial charge in [-0.2, -0.15) is 8.42 Å². The summed E-state index contributed by atoms with van der Waals surface area (Å²) in [7, 11) is -3.44. The van der Waals surface area contributed by atoms with Crippen LogP contribution in [0.4, 0.5) is 0 Å². The monoisotopic (exact) mass is 309 g/mol. The molecule has 112 valence electrons. The number of carbonyl (C=O) groups is 2. The third-order valence-corrected chi connectivity index (χ3v) is 4.42. The van der Waals surface area contributed by atoms with E-state index in [4.69, 9.17) is 4.18 Å². The van der Waals surface area contributed by atoms with Crippen molar-refractivity contribution in [3.8, 4) is 0 Å². The maximum atomic E-state index is 12.2. The highest BCUT2D eigenvalue weighted by Crippen LogP contribution is 2.40. The van der Waals surface area contributed by atoms with E-state index in [9.17, 15) is 18.0 Å². The molecule has 1 aliphatic heterocycles. The molecule has 0 N–H and O–H groups in total. The third-order valence-electron chi connectivity index (χ3n) is 3.86. The van der Waals surface area contributed by atoms with Gasteiger partial charge in [0.1, 0.15) is 0 Å². The number of nitrogens with zero attached hydrogens (tertiary/aromatic N) is 1. The van der Waals surface area contributed by atoms with Crippen LogP contribution in [0.1, 0.15) is 27.1 Å². The van der Waals surface area contributed by atoms with Gasteiger partial charge in [0.2, 0.25) is 0 Å². The van der Waals surface area contributed by atoms with E-state index in [1.54, 1.807) is 24.3 Å². The summed E-state index contributed by atoms with van der Waals surface area (Å²) in [6.07, 6.45) is 1.78. The van der Waals surface area contributed by atoms with Crippen molar-refractivity contribution in [2.75, 3.05) is 19.4 Å². The first kappa shape index (κ1) is 14.2. The fourth-order valence-corrected chi connectivity index (χ4v) is 3.01. The number of hydrogen-bond acceptors (Lipinski definition) is 5. The number of amides is 2. The average Bonchev–Trinajstić information content (AvgIpc) is 3.14. The van der Waals surface area contributed by atoms with Crippen LogP contribution in [-0.2, 0) is 14.3 Å². The van der Waals surface area contributed by atoms with Crippen molar-refractivity contribution in [3.63, 3.8) is 0 Å². The van der Waals surface area contributed by atoms with E-state index in [0.29, 0.717) is 17.7 Å². The molecule has 2 amide bonds. The van der Waals surface area contributed by atoms with Gasteiger partial charge in [0.15, 0.2) is 0 Å². The van der Waals surface area contributed by atoms with Crippen LogP contribution in [0.25, 0.3) is 0 Å². The van der Waals surface area contributed by atoms with Gasteiger partial charge >= 0.3 is 0 Å². The Morgan fingerprint density at radius 2 is 1.71 bits per heavy atom. The van der Waals surface area contributed by atoms with Crippen molar-refractivity contribution in [3.05, 3.63) is 35.4 Å². The lowest BCUT2D eigenvalue weighted by atomic mass is 10.1. The zero-order chi connectivity index (χ0) is 15.2. The van der Waals surface area contributed by atoms with Crippen molar-refractivity contribution < 1.29 is 22.2 Å². The molecule has 0 spiro atoms. The highest BCUT2D eigenvalue weighted by atomic mass is 32.2. The molecule has 0 radical (unpaired) electrons. The second-order valence-corrected chi connectivity index (χ2v) is 7.15. The van der Waals surface area contributed by atoms with E-state index in [1.807, 2.05) is 0 Å². The highest BCUT2D eigenvalue weighted by molar-refractivity contribution is 7.85. The summed E-state index contributed by atoms with van der Waals surface area (Å²) in [6, 6.07) is 6.75. The van der Waals surface area contributed by atoms with E-state index < -0.39 is 10.1 Å². The lowest BCUT2D eigenvalue weighted by Crippen LogP contribution is -2.32. The summed E-state index contributed by atoms with van der Waals surface area (Å²) in [5, 5.41) is 0. The lowest BCUT2D eigenvalue weighted by molar-refractivity contribution is 0.0643. The minimum atomic E-state index is -3.44. The molecule has 3 rings (SSSR count). The second kappa shape index (κ2) is 4.92. The van der Waals surface area contributed by atoms with Crippen molar-refractivity contribution in [1.29, 1.82) is 0 Å². The Morgan fingerprint density at radius 3 is 2.24 bits per heavy atom. The normalized spacial score (nSPS) is 24.3. The predicted octanol–water partition coefficient (Wildman–Crippen LogP) is 0.895. The molecule has 0 saturated heterocycles. The van der Waals surface area contributed by atoms with Gasteiger partial charge in [-0.05, 0) is 30.4 Å². The number of imide groups is 1. The highest BCUT2D eigenvalue weighted by Gasteiger charge is 2.44. The predicted molar refractivity (Wildman–Crippen MR) is 74.2 cm³/mol. The van der Waals surface area contributed by atoms with Gasteiger partial charge in [0.25, 0.3) is 21.9 Å². The average molecular weight is 309 g/mol. The molecule has 2 atom stereocenters. The van der Waals surface area contributed by atoms with Gasteiger partial charge in [-0.3, -0.25) is 18.7 Å². The minimum Gasteiger partial charge on any atom is -0.274 e. The van der Waals surface area contributed by atoms with Crippen LogP contribution in [0, 0.1) is 11.8 Å². The molecule has 1 fully saturated rings. The Bertz CT molecular complexity index is 677. The lowest BCUT2D eigenvalue weighted by Gasteiger charge is -2.13. The summed E-state index contributed by atoms with van der Waals surface area (Å²) in [5.41, 5.74) is 0.874. The molecule has 0 bridgehead atoms. The molecule has 21 heavy (non-hydrogen) atoms. The number of carbonyl (C=O) groups excluding carboxylic acids is 2. The summed E-state index contributed by atoms with van der Waals surface area (Å²) >= 11 is 0. The van der Waals surface area contributed by atoms with Crippen LogP contribution in [-0.4, -0.2) is 44.5 Å². The van der Waals surface area contributed by atoms with Gasteiger partial charge in [-0.1, -0.05) is 12.1 Å². The van der Waals surface area contributed by atoms with E-state index in [-0.39, 0.29) is 30.3 Å². The Balaban J connectivity index is 1.61. The molecule has 0 aromatic heterocycles. The van der Waals surface area contributed by atoms with E-state index in [2.05, 4.69) is 0 Å². The fraction of sp³-hybridized carbons (Fsp3) is 0.429. The van der Waals surface area contributed by atoms with Crippen LogP contribution in [0.2, 0.25) is 0 Å². The molecule has 1 saturated carbocycles. The quantitative estimate of drug-likeness (QED) is 0.596. The summed E-state index contributed by atoms with van der Waals surface area (Å²) < 4.78 is 26.6. The van der Waals surface area contributed by atoms with Crippen molar-refractivity contribution in [1.82, 2.24) is 4.90 Å². The van der Waals surface area contributed by atoms with Crippen molar-refractivity contribution in [2.24, 2.45) is 11.8 Å². The number of benzene rings is 1.